The summed E-state index contributed by atoms with van der Waals surface area (Å²) in [6.45, 7) is 1.83. The number of rotatable bonds is 4. The SMILES string of the molecule is CC[C@H](Oc1cccc(Cl)c1)C(=O)Cl. The number of halogens is 2. The van der Waals surface area contributed by atoms with Gasteiger partial charge >= 0.3 is 0 Å². The van der Waals surface area contributed by atoms with Crippen LogP contribution in [0, 0.1) is 0 Å². The van der Waals surface area contributed by atoms with E-state index >= 15 is 0 Å². The van der Waals surface area contributed by atoms with E-state index in [1.54, 1.807) is 24.3 Å². The molecule has 0 N–H and O–H groups in total. The van der Waals surface area contributed by atoms with Crippen LogP contribution in [0.25, 0.3) is 0 Å². The molecule has 0 unspecified atom stereocenters. The standard InChI is InChI=1S/C10H10Cl2O2/c1-2-9(10(12)13)14-8-5-3-4-7(11)6-8/h3-6,9H,2H2,1H3/t9-/m0/s1. The van der Waals surface area contributed by atoms with Crippen molar-refractivity contribution in [2.75, 3.05) is 0 Å². The van der Waals surface area contributed by atoms with Gasteiger partial charge in [-0.1, -0.05) is 24.6 Å². The summed E-state index contributed by atoms with van der Waals surface area (Å²) in [6.07, 6.45) is -0.0652. The van der Waals surface area contributed by atoms with E-state index in [2.05, 4.69) is 0 Å². The van der Waals surface area contributed by atoms with Crippen molar-refractivity contribution in [2.45, 2.75) is 19.4 Å². The molecule has 0 saturated heterocycles. The molecule has 0 radical (unpaired) electrons. The highest BCUT2D eigenvalue weighted by Gasteiger charge is 2.15. The minimum atomic E-state index is -0.602. The Hall–Kier alpha value is -0.730. The third-order valence-corrected chi connectivity index (χ3v) is 2.18. The van der Waals surface area contributed by atoms with Crippen molar-refractivity contribution < 1.29 is 9.53 Å². The van der Waals surface area contributed by atoms with Gasteiger partial charge in [0, 0.05) is 5.02 Å². The summed E-state index contributed by atoms with van der Waals surface area (Å²) < 4.78 is 5.34. The Balaban J connectivity index is 2.72. The summed E-state index contributed by atoms with van der Waals surface area (Å²) in [6, 6.07) is 6.86. The monoisotopic (exact) mass is 232 g/mol. The molecular weight excluding hydrogens is 223 g/mol. The van der Waals surface area contributed by atoms with Crippen LogP contribution in [-0.4, -0.2) is 11.3 Å². The molecule has 0 amide bonds. The average molecular weight is 233 g/mol. The summed E-state index contributed by atoms with van der Waals surface area (Å²) >= 11 is 11.1. The Bertz CT molecular complexity index is 326. The third-order valence-electron chi connectivity index (χ3n) is 1.70. The van der Waals surface area contributed by atoms with Gasteiger partial charge in [0.25, 0.3) is 5.24 Å². The lowest BCUT2D eigenvalue weighted by Crippen LogP contribution is -2.22. The van der Waals surface area contributed by atoms with Crippen LogP contribution in [0.3, 0.4) is 0 Å². The molecule has 0 heterocycles. The smallest absolute Gasteiger partial charge is 0.262 e. The highest BCUT2D eigenvalue weighted by molar-refractivity contribution is 6.64. The quantitative estimate of drug-likeness (QED) is 0.746. The molecule has 1 aromatic carbocycles. The molecule has 0 aliphatic heterocycles. The Morgan fingerprint density at radius 1 is 1.57 bits per heavy atom. The highest BCUT2D eigenvalue weighted by Crippen LogP contribution is 2.19. The molecule has 1 rings (SSSR count). The second-order valence-electron chi connectivity index (χ2n) is 2.78. The Morgan fingerprint density at radius 2 is 2.29 bits per heavy atom. The third kappa shape index (κ3) is 3.20. The van der Waals surface area contributed by atoms with Crippen molar-refractivity contribution in [1.29, 1.82) is 0 Å². The van der Waals surface area contributed by atoms with E-state index in [9.17, 15) is 4.79 Å². The van der Waals surface area contributed by atoms with Crippen LogP contribution in [0.4, 0.5) is 0 Å². The van der Waals surface area contributed by atoms with Crippen LogP contribution in [0.5, 0.6) is 5.75 Å². The first kappa shape index (κ1) is 11.3. The lowest BCUT2D eigenvalue weighted by molar-refractivity contribution is -0.117. The number of carbonyl (C=O) groups excluding carboxylic acids is 1. The molecule has 0 aliphatic rings. The number of hydrogen-bond donors (Lipinski definition) is 0. The average Bonchev–Trinajstić information content (AvgIpc) is 2.14. The summed E-state index contributed by atoms with van der Waals surface area (Å²) in [5.41, 5.74) is 0. The van der Waals surface area contributed by atoms with Crippen molar-refractivity contribution >= 4 is 28.4 Å². The predicted molar refractivity (Wildman–Crippen MR) is 57.0 cm³/mol. The fourth-order valence-corrected chi connectivity index (χ4v) is 1.37. The molecule has 0 saturated carbocycles. The van der Waals surface area contributed by atoms with Gasteiger partial charge in [-0.05, 0) is 36.2 Å². The van der Waals surface area contributed by atoms with Crippen LogP contribution in [-0.2, 0) is 4.79 Å². The van der Waals surface area contributed by atoms with Gasteiger partial charge in [0.15, 0.2) is 6.10 Å². The van der Waals surface area contributed by atoms with Gasteiger partial charge in [0.1, 0.15) is 5.75 Å². The van der Waals surface area contributed by atoms with Gasteiger partial charge in [-0.25, -0.2) is 0 Å². The fraction of sp³-hybridized carbons (Fsp3) is 0.300. The van der Waals surface area contributed by atoms with Crippen LogP contribution in [0.15, 0.2) is 24.3 Å². The Kier molecular flexibility index (Phi) is 4.23. The molecule has 0 aromatic heterocycles. The zero-order valence-corrected chi connectivity index (χ0v) is 9.18. The number of carbonyl (C=O) groups is 1. The van der Waals surface area contributed by atoms with E-state index in [1.807, 2.05) is 6.92 Å². The van der Waals surface area contributed by atoms with Gasteiger partial charge < -0.3 is 4.74 Å². The number of ether oxygens (including phenoxy) is 1. The number of hydrogen-bond acceptors (Lipinski definition) is 2. The molecular formula is C10H10Cl2O2. The summed E-state index contributed by atoms with van der Waals surface area (Å²) in [5.74, 6) is 0.554. The molecule has 1 atom stereocenters. The first-order valence-electron chi connectivity index (χ1n) is 4.25. The molecule has 14 heavy (non-hydrogen) atoms. The molecule has 0 spiro atoms. The number of benzene rings is 1. The second kappa shape index (κ2) is 5.23. The summed E-state index contributed by atoms with van der Waals surface area (Å²) in [5, 5.41) is 0.0758. The Labute approximate surface area is 92.8 Å². The maximum atomic E-state index is 10.9. The summed E-state index contributed by atoms with van der Waals surface area (Å²) in [4.78, 5) is 10.9. The van der Waals surface area contributed by atoms with Gasteiger partial charge in [0.2, 0.25) is 0 Å². The van der Waals surface area contributed by atoms with Gasteiger partial charge in [-0.3, -0.25) is 4.79 Å². The molecule has 0 aliphatic carbocycles. The molecule has 1 aromatic rings. The van der Waals surface area contributed by atoms with Crippen molar-refractivity contribution in [1.82, 2.24) is 0 Å². The zero-order chi connectivity index (χ0) is 10.6. The van der Waals surface area contributed by atoms with Crippen LogP contribution in [0.2, 0.25) is 5.02 Å². The van der Waals surface area contributed by atoms with E-state index in [4.69, 9.17) is 27.9 Å². The topological polar surface area (TPSA) is 26.3 Å². The minimum Gasteiger partial charge on any atom is -0.481 e. The molecule has 4 heteroatoms. The predicted octanol–water partition coefficient (Wildman–Crippen LogP) is 3.26. The van der Waals surface area contributed by atoms with Crippen LogP contribution >= 0.6 is 23.2 Å². The fourth-order valence-electron chi connectivity index (χ4n) is 0.995. The maximum absolute atomic E-state index is 10.9. The van der Waals surface area contributed by atoms with E-state index in [0.29, 0.717) is 17.2 Å². The van der Waals surface area contributed by atoms with Crippen molar-refractivity contribution in [3.63, 3.8) is 0 Å². The minimum absolute atomic E-state index is 0.493. The lowest BCUT2D eigenvalue weighted by Gasteiger charge is -2.13. The van der Waals surface area contributed by atoms with Crippen molar-refractivity contribution in [2.24, 2.45) is 0 Å². The normalized spacial score (nSPS) is 12.2. The zero-order valence-electron chi connectivity index (χ0n) is 7.67. The first-order valence-corrected chi connectivity index (χ1v) is 5.00. The van der Waals surface area contributed by atoms with E-state index in [-0.39, 0.29) is 0 Å². The molecule has 0 fully saturated rings. The van der Waals surface area contributed by atoms with Crippen LogP contribution < -0.4 is 4.74 Å². The Morgan fingerprint density at radius 3 is 2.79 bits per heavy atom. The maximum Gasteiger partial charge on any atom is 0.262 e. The van der Waals surface area contributed by atoms with Crippen LogP contribution in [0.1, 0.15) is 13.3 Å². The van der Waals surface area contributed by atoms with Crippen molar-refractivity contribution in [3.05, 3.63) is 29.3 Å². The van der Waals surface area contributed by atoms with E-state index < -0.39 is 11.3 Å². The van der Waals surface area contributed by atoms with E-state index in [0.717, 1.165) is 0 Å². The molecule has 2 nitrogen and oxygen atoms in total. The largest absolute Gasteiger partial charge is 0.481 e. The molecule has 76 valence electrons. The van der Waals surface area contributed by atoms with Gasteiger partial charge in [-0.15, -0.1) is 0 Å². The highest BCUT2D eigenvalue weighted by atomic mass is 35.5. The van der Waals surface area contributed by atoms with Gasteiger partial charge in [-0.2, -0.15) is 0 Å². The lowest BCUT2D eigenvalue weighted by atomic mass is 10.3. The second-order valence-corrected chi connectivity index (χ2v) is 3.59. The van der Waals surface area contributed by atoms with E-state index in [1.165, 1.54) is 0 Å². The van der Waals surface area contributed by atoms with Gasteiger partial charge in [0.05, 0.1) is 0 Å². The molecule has 0 bridgehead atoms. The van der Waals surface area contributed by atoms with Crippen molar-refractivity contribution in [3.8, 4) is 5.75 Å². The summed E-state index contributed by atoms with van der Waals surface area (Å²) in [7, 11) is 0. The first-order chi connectivity index (χ1) is 6.63.